The Morgan fingerprint density at radius 2 is 1.00 bits per heavy atom. The van der Waals surface area contributed by atoms with E-state index in [2.05, 4.69) is 103 Å². The number of carbonyl (C=O) groups is 1. The van der Waals surface area contributed by atoms with Gasteiger partial charge in [-0.05, 0) is 0 Å². The van der Waals surface area contributed by atoms with E-state index in [1.807, 2.05) is 0 Å². The zero-order valence-corrected chi connectivity index (χ0v) is 16.7. The molecule has 3 aromatic carbocycles. The molecule has 136 valence electrons. The normalized spacial score (nSPS) is 11.0. The zero-order chi connectivity index (χ0) is 18.8. The van der Waals surface area contributed by atoms with Crippen molar-refractivity contribution >= 4 is 29.1 Å². The van der Waals surface area contributed by atoms with Crippen LogP contribution in [0.25, 0.3) is 0 Å². The molecule has 3 heteroatoms. The minimum absolute atomic E-state index is 0.245. The third-order valence-electron chi connectivity index (χ3n) is 4.62. The van der Waals surface area contributed by atoms with Crippen LogP contribution in [-0.2, 0) is 9.53 Å². The quantitative estimate of drug-likeness (QED) is 0.517. The van der Waals surface area contributed by atoms with Crippen molar-refractivity contribution in [2.75, 3.05) is 13.3 Å². The molecule has 0 atom stereocenters. The van der Waals surface area contributed by atoms with Gasteiger partial charge in [0, 0.05) is 6.92 Å². The van der Waals surface area contributed by atoms with E-state index in [4.69, 9.17) is 0 Å². The molecule has 0 N–H and O–H groups in total. The van der Waals surface area contributed by atoms with Crippen molar-refractivity contribution in [3.05, 3.63) is 91.0 Å². The molecule has 0 aliphatic carbocycles. The molecule has 0 fully saturated rings. The molecule has 3 aromatic rings. The predicted molar refractivity (Wildman–Crippen MR) is 115 cm³/mol. The SMILES string of the molecule is CC[PH](c1ccccc1)(c1ccccc1)c1ccccc1.COC(C)=O. The minimum Gasteiger partial charge on any atom is -0.469 e. The summed E-state index contributed by atoms with van der Waals surface area (Å²) in [7, 11) is -0.548. The van der Waals surface area contributed by atoms with Gasteiger partial charge in [-0.3, -0.25) is 4.79 Å². The van der Waals surface area contributed by atoms with E-state index in [0.29, 0.717) is 0 Å². The summed E-state index contributed by atoms with van der Waals surface area (Å²) in [5.74, 6) is -0.245. The maximum atomic E-state index is 9.59. The topological polar surface area (TPSA) is 26.3 Å². The standard InChI is InChI=1S/C20H21P.C3H6O2/c1-2-21(18-12-6-3-7-13-18,19-14-8-4-9-15-19)20-16-10-5-11-17-20;1-3(4)5-2/h3-17,21H,2H2,1H3;1-2H3. The first-order chi connectivity index (χ1) is 12.6. The van der Waals surface area contributed by atoms with Gasteiger partial charge in [0.05, 0.1) is 7.11 Å². The van der Waals surface area contributed by atoms with Crippen LogP contribution in [0.2, 0.25) is 0 Å². The summed E-state index contributed by atoms with van der Waals surface area (Å²) < 4.78 is 4.11. The molecule has 0 aliphatic heterocycles. The number of hydrogen-bond donors (Lipinski definition) is 0. The third kappa shape index (κ3) is 4.59. The summed E-state index contributed by atoms with van der Waals surface area (Å²) in [6.07, 6.45) is 1.17. The van der Waals surface area contributed by atoms with E-state index in [9.17, 15) is 4.79 Å². The number of carbonyl (C=O) groups excluding carboxylic acids is 1. The van der Waals surface area contributed by atoms with Crippen LogP contribution in [0, 0.1) is 0 Å². The molecule has 0 saturated carbocycles. The van der Waals surface area contributed by atoms with Crippen LogP contribution in [0.5, 0.6) is 0 Å². The molecular weight excluding hydrogens is 339 g/mol. The zero-order valence-electron chi connectivity index (χ0n) is 15.7. The van der Waals surface area contributed by atoms with Crippen LogP contribution in [0.3, 0.4) is 0 Å². The van der Waals surface area contributed by atoms with Crippen LogP contribution >= 0.6 is 7.26 Å². The van der Waals surface area contributed by atoms with Crippen LogP contribution < -0.4 is 15.9 Å². The van der Waals surface area contributed by atoms with Crippen molar-refractivity contribution in [1.29, 1.82) is 0 Å². The van der Waals surface area contributed by atoms with Gasteiger partial charge >= 0.3 is 133 Å². The van der Waals surface area contributed by atoms with Gasteiger partial charge in [-0.25, -0.2) is 0 Å². The first-order valence-electron chi connectivity index (χ1n) is 8.86. The fourth-order valence-electron chi connectivity index (χ4n) is 3.28. The molecule has 0 spiro atoms. The van der Waals surface area contributed by atoms with E-state index < -0.39 is 7.26 Å². The summed E-state index contributed by atoms with van der Waals surface area (Å²) in [5.41, 5.74) is 0. The number of rotatable bonds is 4. The van der Waals surface area contributed by atoms with Gasteiger partial charge in [0.15, 0.2) is 0 Å². The fraction of sp³-hybridized carbons (Fsp3) is 0.174. The number of benzene rings is 3. The van der Waals surface area contributed by atoms with Crippen molar-refractivity contribution < 1.29 is 9.53 Å². The number of ether oxygens (including phenoxy) is 1. The molecule has 0 bridgehead atoms. The molecule has 0 aliphatic rings. The van der Waals surface area contributed by atoms with E-state index in [-0.39, 0.29) is 5.97 Å². The second-order valence-corrected chi connectivity index (χ2v) is 10.3. The molecule has 0 unspecified atom stereocenters. The van der Waals surface area contributed by atoms with Gasteiger partial charge in [0.1, 0.15) is 0 Å². The molecule has 0 radical (unpaired) electrons. The summed E-state index contributed by atoms with van der Waals surface area (Å²) in [6.45, 7) is 3.69. The third-order valence-corrected chi connectivity index (χ3v) is 9.64. The Labute approximate surface area is 157 Å². The van der Waals surface area contributed by atoms with E-state index in [1.165, 1.54) is 36.1 Å². The van der Waals surface area contributed by atoms with E-state index in [0.717, 1.165) is 0 Å². The van der Waals surface area contributed by atoms with Gasteiger partial charge in [0.25, 0.3) is 0 Å². The number of esters is 1. The molecular formula is C23H27O2P. The number of methoxy groups -OCH3 is 1. The van der Waals surface area contributed by atoms with E-state index in [1.54, 1.807) is 0 Å². The van der Waals surface area contributed by atoms with Gasteiger partial charge in [-0.1, -0.05) is 0 Å². The Morgan fingerprint density at radius 3 is 1.19 bits per heavy atom. The monoisotopic (exact) mass is 366 g/mol. The Kier molecular flexibility index (Phi) is 7.56. The largest absolute Gasteiger partial charge is 0.469 e. The Hall–Kier alpha value is -2.44. The summed E-state index contributed by atoms with van der Waals surface area (Å²) in [5, 5.41) is 4.47. The van der Waals surface area contributed by atoms with Crippen LogP contribution in [-0.4, -0.2) is 19.2 Å². The molecule has 2 nitrogen and oxygen atoms in total. The second-order valence-electron chi connectivity index (χ2n) is 6.05. The average Bonchev–Trinajstić information content (AvgIpc) is 2.72. The van der Waals surface area contributed by atoms with E-state index >= 15 is 0 Å². The maximum absolute atomic E-state index is 9.59. The number of hydrogen-bond acceptors (Lipinski definition) is 2. The van der Waals surface area contributed by atoms with Crippen molar-refractivity contribution in [3.8, 4) is 0 Å². The smallest absolute Gasteiger partial charge is 0.302 e. The summed E-state index contributed by atoms with van der Waals surface area (Å²) in [6, 6.07) is 33.1. The summed E-state index contributed by atoms with van der Waals surface area (Å²) in [4.78, 5) is 9.59. The summed E-state index contributed by atoms with van der Waals surface area (Å²) >= 11 is 0. The second kappa shape index (κ2) is 9.89. The molecule has 26 heavy (non-hydrogen) atoms. The van der Waals surface area contributed by atoms with Gasteiger partial charge in [-0.15, -0.1) is 0 Å². The maximum Gasteiger partial charge on any atom is 0.302 e. The van der Waals surface area contributed by atoms with Crippen molar-refractivity contribution in [1.82, 2.24) is 0 Å². The van der Waals surface area contributed by atoms with Crippen molar-refractivity contribution in [2.24, 2.45) is 0 Å². The van der Waals surface area contributed by atoms with Crippen molar-refractivity contribution in [2.45, 2.75) is 13.8 Å². The van der Waals surface area contributed by atoms with Crippen LogP contribution in [0.1, 0.15) is 13.8 Å². The Morgan fingerprint density at radius 1 is 0.731 bits per heavy atom. The van der Waals surface area contributed by atoms with Crippen LogP contribution in [0.4, 0.5) is 0 Å². The molecule has 0 amide bonds. The van der Waals surface area contributed by atoms with Crippen molar-refractivity contribution in [3.63, 3.8) is 0 Å². The molecule has 0 aromatic heterocycles. The van der Waals surface area contributed by atoms with Gasteiger partial charge in [0.2, 0.25) is 0 Å². The van der Waals surface area contributed by atoms with Gasteiger partial charge < -0.3 is 4.74 Å². The minimum atomic E-state index is -1.90. The first-order valence-corrected chi connectivity index (χ1v) is 11.1. The molecule has 0 heterocycles. The molecule has 3 rings (SSSR count). The average molecular weight is 366 g/mol. The first kappa shape index (κ1) is 19.9. The Bertz CT molecular complexity index is 690. The van der Waals surface area contributed by atoms with Gasteiger partial charge in [-0.2, -0.15) is 0 Å². The molecule has 0 saturated heterocycles. The predicted octanol–water partition coefficient (Wildman–Crippen LogP) is 3.91. The van der Waals surface area contributed by atoms with Crippen LogP contribution in [0.15, 0.2) is 91.0 Å². The fourth-order valence-corrected chi connectivity index (χ4v) is 7.79. The Balaban J connectivity index is 0.000000431.